The van der Waals surface area contributed by atoms with E-state index in [-0.39, 0.29) is 17.7 Å². The molecule has 0 fully saturated rings. The molecule has 6 heteroatoms. The summed E-state index contributed by atoms with van der Waals surface area (Å²) in [5.74, 6) is -1.98. The van der Waals surface area contributed by atoms with Gasteiger partial charge in [-0.05, 0) is 6.92 Å². The summed E-state index contributed by atoms with van der Waals surface area (Å²) in [6.07, 6.45) is 2.26. The van der Waals surface area contributed by atoms with Gasteiger partial charge in [0.15, 0.2) is 0 Å². The van der Waals surface area contributed by atoms with Crippen LogP contribution in [0.25, 0.3) is 0 Å². The minimum absolute atomic E-state index is 0.159. The van der Waals surface area contributed by atoms with Crippen molar-refractivity contribution in [2.75, 3.05) is 6.54 Å². The number of carbonyl (C=O) groups excluding carboxylic acids is 4. The van der Waals surface area contributed by atoms with Crippen LogP contribution in [0.1, 0.15) is 6.92 Å². The van der Waals surface area contributed by atoms with E-state index in [1.807, 2.05) is 0 Å². The smallest absolute Gasteiger partial charge is 0.256 e. The Morgan fingerprint density at radius 2 is 1.62 bits per heavy atom. The zero-order chi connectivity index (χ0) is 11.9. The van der Waals surface area contributed by atoms with E-state index in [0.717, 1.165) is 17.1 Å². The molecule has 0 aliphatic carbocycles. The van der Waals surface area contributed by atoms with Gasteiger partial charge in [0.25, 0.3) is 23.6 Å². The summed E-state index contributed by atoms with van der Waals surface area (Å²) in [5.41, 5.74) is 0.410. The molecule has 0 spiro atoms. The van der Waals surface area contributed by atoms with Gasteiger partial charge in [-0.15, -0.1) is 0 Å². The highest BCUT2D eigenvalue weighted by Crippen LogP contribution is 2.15. The molecule has 6 nitrogen and oxygen atoms in total. The third-order valence-corrected chi connectivity index (χ3v) is 2.51. The molecule has 0 aromatic rings. The molecule has 0 saturated heterocycles. The summed E-state index contributed by atoms with van der Waals surface area (Å²) < 4.78 is 0. The van der Waals surface area contributed by atoms with Gasteiger partial charge >= 0.3 is 0 Å². The fourth-order valence-corrected chi connectivity index (χ4v) is 1.52. The second-order valence-electron chi connectivity index (χ2n) is 3.48. The van der Waals surface area contributed by atoms with Gasteiger partial charge in [-0.25, -0.2) is 0 Å². The highest BCUT2D eigenvalue weighted by Gasteiger charge is 2.32. The molecule has 0 aromatic carbocycles. The minimum atomic E-state index is -0.546. The van der Waals surface area contributed by atoms with Crippen molar-refractivity contribution in [2.24, 2.45) is 0 Å². The van der Waals surface area contributed by atoms with Crippen LogP contribution in [-0.2, 0) is 19.2 Å². The van der Waals surface area contributed by atoms with Gasteiger partial charge in [0.1, 0.15) is 0 Å². The second-order valence-corrected chi connectivity index (χ2v) is 3.48. The Morgan fingerprint density at radius 1 is 1.06 bits per heavy atom. The van der Waals surface area contributed by atoms with E-state index < -0.39 is 23.6 Å². The zero-order valence-electron chi connectivity index (χ0n) is 8.44. The number of hydrogen-bond acceptors (Lipinski definition) is 4. The molecule has 0 radical (unpaired) electrons. The lowest BCUT2D eigenvalue weighted by atomic mass is 10.1. The van der Waals surface area contributed by atoms with Crippen molar-refractivity contribution in [3.63, 3.8) is 0 Å². The molecule has 82 valence electrons. The van der Waals surface area contributed by atoms with E-state index in [0.29, 0.717) is 0 Å². The van der Waals surface area contributed by atoms with Crippen molar-refractivity contribution in [1.29, 1.82) is 0 Å². The van der Waals surface area contributed by atoms with Crippen LogP contribution in [0.5, 0.6) is 0 Å². The average molecular weight is 220 g/mol. The average Bonchev–Trinajstić information content (AvgIpc) is 2.65. The van der Waals surface area contributed by atoms with Crippen molar-refractivity contribution < 1.29 is 19.2 Å². The number of imide groups is 2. The highest BCUT2D eigenvalue weighted by molar-refractivity contribution is 6.20. The van der Waals surface area contributed by atoms with E-state index in [4.69, 9.17) is 0 Å². The van der Waals surface area contributed by atoms with Gasteiger partial charge in [-0.1, -0.05) is 0 Å². The van der Waals surface area contributed by atoms with Crippen LogP contribution in [0.15, 0.2) is 23.3 Å². The topological polar surface area (TPSA) is 83.6 Å². The Kier molecular flexibility index (Phi) is 2.19. The van der Waals surface area contributed by atoms with E-state index in [9.17, 15) is 19.2 Å². The standard InChI is InChI=1S/C10H8N2O4/c1-5-6(10(16)11-9(5)15)4-12-7(13)2-3-8(12)14/h2-3H,4H2,1H3,(H,11,15,16). The molecular weight excluding hydrogens is 212 g/mol. The molecule has 0 atom stereocenters. The molecule has 2 heterocycles. The Bertz CT molecular complexity index is 469. The van der Waals surface area contributed by atoms with Gasteiger partial charge in [0.05, 0.1) is 6.54 Å². The van der Waals surface area contributed by atoms with Gasteiger partial charge in [0.2, 0.25) is 0 Å². The maximum atomic E-state index is 11.3. The first-order valence-corrected chi connectivity index (χ1v) is 4.59. The lowest BCUT2D eigenvalue weighted by Crippen LogP contribution is -2.34. The van der Waals surface area contributed by atoms with E-state index in [2.05, 4.69) is 5.32 Å². The van der Waals surface area contributed by atoms with Gasteiger partial charge < -0.3 is 0 Å². The third-order valence-electron chi connectivity index (χ3n) is 2.51. The van der Waals surface area contributed by atoms with Crippen LogP contribution in [0.3, 0.4) is 0 Å². The fraction of sp³-hybridized carbons (Fsp3) is 0.200. The van der Waals surface area contributed by atoms with Gasteiger partial charge in [-0.2, -0.15) is 0 Å². The quantitative estimate of drug-likeness (QED) is 0.598. The van der Waals surface area contributed by atoms with Crippen LogP contribution >= 0.6 is 0 Å². The Morgan fingerprint density at radius 3 is 2.06 bits per heavy atom. The number of carbonyl (C=O) groups is 4. The van der Waals surface area contributed by atoms with Crippen LogP contribution in [0.4, 0.5) is 0 Å². The molecule has 1 N–H and O–H groups in total. The number of nitrogens with zero attached hydrogens (tertiary/aromatic N) is 1. The molecule has 2 aliphatic rings. The second kappa shape index (κ2) is 3.41. The summed E-state index contributed by atoms with van der Waals surface area (Å²) >= 11 is 0. The summed E-state index contributed by atoms with van der Waals surface area (Å²) in [5, 5.41) is 2.10. The molecule has 0 saturated carbocycles. The lowest BCUT2D eigenvalue weighted by molar-refractivity contribution is -0.136. The van der Waals surface area contributed by atoms with E-state index >= 15 is 0 Å². The Balaban J connectivity index is 2.23. The summed E-state index contributed by atoms with van der Waals surface area (Å²) in [4.78, 5) is 45.9. The molecule has 0 aromatic heterocycles. The van der Waals surface area contributed by atoms with Crippen molar-refractivity contribution in [3.05, 3.63) is 23.3 Å². The summed E-state index contributed by atoms with van der Waals surface area (Å²) in [6, 6.07) is 0. The number of amides is 4. The maximum absolute atomic E-state index is 11.3. The predicted molar refractivity (Wildman–Crippen MR) is 51.7 cm³/mol. The minimum Gasteiger partial charge on any atom is -0.289 e. The Hall–Kier alpha value is -2.24. The first-order valence-electron chi connectivity index (χ1n) is 4.59. The van der Waals surface area contributed by atoms with E-state index in [1.54, 1.807) is 0 Å². The van der Waals surface area contributed by atoms with Crippen LogP contribution in [0.2, 0.25) is 0 Å². The van der Waals surface area contributed by atoms with Crippen molar-refractivity contribution in [2.45, 2.75) is 6.92 Å². The zero-order valence-corrected chi connectivity index (χ0v) is 8.44. The van der Waals surface area contributed by atoms with Gasteiger partial charge in [0, 0.05) is 23.3 Å². The van der Waals surface area contributed by atoms with Crippen molar-refractivity contribution in [1.82, 2.24) is 10.2 Å². The molecule has 16 heavy (non-hydrogen) atoms. The molecule has 2 rings (SSSR count). The number of nitrogens with one attached hydrogen (secondary N) is 1. The van der Waals surface area contributed by atoms with Crippen LogP contribution in [-0.4, -0.2) is 35.1 Å². The van der Waals surface area contributed by atoms with Gasteiger partial charge in [-0.3, -0.25) is 29.4 Å². The monoisotopic (exact) mass is 220 g/mol. The van der Waals surface area contributed by atoms with Crippen LogP contribution < -0.4 is 5.32 Å². The lowest BCUT2D eigenvalue weighted by Gasteiger charge is -2.13. The largest absolute Gasteiger partial charge is 0.289 e. The molecule has 2 aliphatic heterocycles. The Labute approximate surface area is 90.6 Å². The first-order chi connectivity index (χ1) is 7.50. The maximum Gasteiger partial charge on any atom is 0.256 e. The third kappa shape index (κ3) is 1.44. The van der Waals surface area contributed by atoms with Crippen molar-refractivity contribution in [3.8, 4) is 0 Å². The molecular formula is C10H8N2O4. The normalized spacial score (nSPS) is 20.2. The van der Waals surface area contributed by atoms with Crippen molar-refractivity contribution >= 4 is 23.6 Å². The fourth-order valence-electron chi connectivity index (χ4n) is 1.52. The van der Waals surface area contributed by atoms with Crippen LogP contribution in [0, 0.1) is 0 Å². The molecule has 0 bridgehead atoms. The van der Waals surface area contributed by atoms with E-state index in [1.165, 1.54) is 6.92 Å². The SMILES string of the molecule is CC1=C(CN2C(=O)C=CC2=O)C(=O)NC1=O. The first kappa shape index (κ1) is 10.3. The molecule has 4 amide bonds. The summed E-state index contributed by atoms with van der Waals surface area (Å²) in [6.45, 7) is 1.32. The number of hydrogen-bond donors (Lipinski definition) is 1. The summed E-state index contributed by atoms with van der Waals surface area (Å²) in [7, 11) is 0. The number of rotatable bonds is 2. The predicted octanol–water partition coefficient (Wildman–Crippen LogP) is -1.12. The molecule has 0 unspecified atom stereocenters. The highest BCUT2D eigenvalue weighted by atomic mass is 16.2.